The molecule has 0 aliphatic carbocycles. The summed E-state index contributed by atoms with van der Waals surface area (Å²) in [6.07, 6.45) is -2.60. The van der Waals surface area contributed by atoms with E-state index >= 15 is 0 Å². The van der Waals surface area contributed by atoms with E-state index in [0.717, 1.165) is 0 Å². The highest BCUT2D eigenvalue weighted by Crippen LogP contribution is 2.30. The first-order valence-electron chi connectivity index (χ1n) is 4.83. The zero-order valence-corrected chi connectivity index (χ0v) is 8.54. The van der Waals surface area contributed by atoms with Crippen molar-refractivity contribution in [2.45, 2.75) is 13.0 Å². The maximum Gasteiger partial charge on any atom is 0.387 e. The van der Waals surface area contributed by atoms with E-state index in [1.54, 1.807) is 6.07 Å². The lowest BCUT2D eigenvalue weighted by atomic mass is 10.0. The average molecular weight is 244 g/mol. The van der Waals surface area contributed by atoms with E-state index in [2.05, 4.69) is 4.74 Å². The van der Waals surface area contributed by atoms with Crippen molar-refractivity contribution in [1.82, 2.24) is 0 Å². The van der Waals surface area contributed by atoms with Gasteiger partial charge in [0.1, 0.15) is 5.75 Å². The van der Waals surface area contributed by atoms with E-state index in [0.29, 0.717) is 10.8 Å². The van der Waals surface area contributed by atoms with Crippen molar-refractivity contribution >= 4 is 10.8 Å². The minimum Gasteiger partial charge on any atom is -0.435 e. The molecule has 2 aromatic rings. The molecule has 0 radical (unpaired) electrons. The zero-order chi connectivity index (χ0) is 12.4. The van der Waals surface area contributed by atoms with Crippen LogP contribution in [0, 0.1) is 0 Å². The first-order chi connectivity index (χ1) is 8.08. The molecule has 0 N–H and O–H groups in total. The topological polar surface area (TPSA) is 9.23 Å². The highest BCUT2D eigenvalue weighted by atomic mass is 19.3. The molecule has 1 nitrogen and oxygen atoms in total. The van der Waals surface area contributed by atoms with Crippen molar-refractivity contribution in [2.24, 2.45) is 0 Å². The van der Waals surface area contributed by atoms with Gasteiger partial charge in [-0.15, -0.1) is 0 Å². The predicted molar refractivity (Wildman–Crippen MR) is 55.5 cm³/mol. The molecule has 2 aromatic carbocycles. The van der Waals surface area contributed by atoms with Crippen LogP contribution in [0.15, 0.2) is 36.4 Å². The number of fused-ring (bicyclic) bond motifs is 1. The van der Waals surface area contributed by atoms with Crippen molar-refractivity contribution in [2.75, 3.05) is 0 Å². The molecule has 0 saturated carbocycles. The second-order valence-electron chi connectivity index (χ2n) is 3.41. The van der Waals surface area contributed by atoms with Crippen LogP contribution in [0.3, 0.4) is 0 Å². The molecule has 2 rings (SSSR count). The number of hydrogen-bond donors (Lipinski definition) is 0. The summed E-state index contributed by atoms with van der Waals surface area (Å²) in [7, 11) is 0. The van der Waals surface area contributed by atoms with Gasteiger partial charge in [-0.3, -0.25) is 0 Å². The van der Waals surface area contributed by atoms with Crippen molar-refractivity contribution in [3.63, 3.8) is 0 Å². The first-order valence-corrected chi connectivity index (χ1v) is 4.83. The SMILES string of the molecule is FC(F)Oc1ccc2c(C(F)F)cccc2c1. The van der Waals surface area contributed by atoms with Crippen LogP contribution >= 0.6 is 0 Å². The Labute approximate surface area is 94.6 Å². The van der Waals surface area contributed by atoms with Crippen molar-refractivity contribution in [1.29, 1.82) is 0 Å². The third-order valence-corrected chi connectivity index (χ3v) is 2.35. The summed E-state index contributed by atoms with van der Waals surface area (Å²) in [4.78, 5) is 0. The van der Waals surface area contributed by atoms with Gasteiger partial charge in [-0.05, 0) is 22.9 Å². The molecule has 0 amide bonds. The third kappa shape index (κ3) is 2.49. The van der Waals surface area contributed by atoms with Crippen LogP contribution in [-0.4, -0.2) is 6.61 Å². The second-order valence-corrected chi connectivity index (χ2v) is 3.41. The second kappa shape index (κ2) is 4.61. The minimum atomic E-state index is -2.93. The fraction of sp³-hybridized carbons (Fsp3) is 0.167. The van der Waals surface area contributed by atoms with Gasteiger partial charge < -0.3 is 4.74 Å². The van der Waals surface area contributed by atoms with E-state index in [9.17, 15) is 17.6 Å². The van der Waals surface area contributed by atoms with Gasteiger partial charge in [0, 0.05) is 5.56 Å². The van der Waals surface area contributed by atoms with E-state index in [4.69, 9.17) is 0 Å². The molecule has 0 heterocycles. The van der Waals surface area contributed by atoms with E-state index in [1.807, 2.05) is 0 Å². The van der Waals surface area contributed by atoms with Gasteiger partial charge in [-0.2, -0.15) is 8.78 Å². The molecule has 0 spiro atoms. The smallest absolute Gasteiger partial charge is 0.387 e. The molecule has 0 fully saturated rings. The lowest BCUT2D eigenvalue weighted by molar-refractivity contribution is -0.0497. The molecule has 17 heavy (non-hydrogen) atoms. The van der Waals surface area contributed by atoms with Gasteiger partial charge in [-0.25, -0.2) is 8.78 Å². The van der Waals surface area contributed by atoms with Gasteiger partial charge in [0.2, 0.25) is 0 Å². The fourth-order valence-electron chi connectivity index (χ4n) is 1.65. The first kappa shape index (κ1) is 11.7. The Hall–Kier alpha value is -1.78. The number of alkyl halides is 4. The molecule has 0 aliphatic rings. The van der Waals surface area contributed by atoms with Crippen LogP contribution in [-0.2, 0) is 0 Å². The van der Waals surface area contributed by atoms with Gasteiger partial charge in [0.25, 0.3) is 6.43 Å². The standard InChI is InChI=1S/C12H8F4O/c13-11(14)10-3-1-2-7-6-8(17-12(15)16)4-5-9(7)10/h1-6,11-12H. The lowest BCUT2D eigenvalue weighted by Crippen LogP contribution is -2.01. The highest BCUT2D eigenvalue weighted by Gasteiger charge is 2.12. The summed E-state index contributed by atoms with van der Waals surface area (Å²) in [6.45, 7) is -2.93. The number of rotatable bonds is 3. The molecule has 90 valence electrons. The summed E-state index contributed by atoms with van der Waals surface area (Å²) >= 11 is 0. The molecule has 0 atom stereocenters. The maximum atomic E-state index is 12.7. The lowest BCUT2D eigenvalue weighted by Gasteiger charge is -2.08. The summed E-state index contributed by atoms with van der Waals surface area (Å²) in [5.41, 5.74) is -0.119. The number of hydrogen-bond acceptors (Lipinski definition) is 1. The normalized spacial score (nSPS) is 11.4. The fourth-order valence-corrected chi connectivity index (χ4v) is 1.65. The molecular formula is C12H8F4O. The van der Waals surface area contributed by atoms with Crippen molar-refractivity contribution in [3.05, 3.63) is 42.0 Å². The quantitative estimate of drug-likeness (QED) is 0.728. The average Bonchev–Trinajstić information content (AvgIpc) is 2.26. The molecule has 0 unspecified atom stereocenters. The molecule has 0 bridgehead atoms. The minimum absolute atomic E-state index is 0.0427. The summed E-state index contributed by atoms with van der Waals surface area (Å²) in [6, 6.07) is 8.25. The monoisotopic (exact) mass is 244 g/mol. The van der Waals surface area contributed by atoms with E-state index in [1.165, 1.54) is 30.3 Å². The van der Waals surface area contributed by atoms with Crippen LogP contribution in [0.25, 0.3) is 10.8 Å². The molecule has 5 heteroatoms. The molecular weight excluding hydrogens is 236 g/mol. The maximum absolute atomic E-state index is 12.7. The largest absolute Gasteiger partial charge is 0.435 e. The Kier molecular flexibility index (Phi) is 3.17. The van der Waals surface area contributed by atoms with Crippen LogP contribution in [0.5, 0.6) is 5.75 Å². The predicted octanol–water partition coefficient (Wildman–Crippen LogP) is 4.38. The number of halogens is 4. The van der Waals surface area contributed by atoms with Crippen LogP contribution in [0.2, 0.25) is 0 Å². The molecule has 0 aliphatic heterocycles. The Morgan fingerprint density at radius 2 is 1.71 bits per heavy atom. The van der Waals surface area contributed by atoms with Crippen LogP contribution in [0.4, 0.5) is 17.6 Å². The van der Waals surface area contributed by atoms with Gasteiger partial charge >= 0.3 is 6.61 Å². The molecule has 0 saturated heterocycles. The Bertz CT molecular complexity index is 525. The van der Waals surface area contributed by atoms with Crippen LogP contribution in [0.1, 0.15) is 12.0 Å². The Balaban J connectivity index is 2.49. The summed E-state index contributed by atoms with van der Waals surface area (Å²) in [5.74, 6) is -0.0427. The summed E-state index contributed by atoms with van der Waals surface area (Å²) in [5, 5.41) is 0.782. The van der Waals surface area contributed by atoms with E-state index in [-0.39, 0.29) is 11.3 Å². The van der Waals surface area contributed by atoms with E-state index < -0.39 is 13.0 Å². The zero-order valence-electron chi connectivity index (χ0n) is 8.54. The Morgan fingerprint density at radius 3 is 2.35 bits per heavy atom. The third-order valence-electron chi connectivity index (χ3n) is 2.35. The van der Waals surface area contributed by atoms with Crippen LogP contribution < -0.4 is 4.74 Å². The number of ether oxygens (including phenoxy) is 1. The van der Waals surface area contributed by atoms with Crippen molar-refractivity contribution < 1.29 is 22.3 Å². The Morgan fingerprint density at radius 1 is 0.941 bits per heavy atom. The van der Waals surface area contributed by atoms with Crippen molar-refractivity contribution in [3.8, 4) is 5.75 Å². The molecule has 0 aromatic heterocycles. The van der Waals surface area contributed by atoms with Gasteiger partial charge in [-0.1, -0.05) is 24.3 Å². The van der Waals surface area contributed by atoms with Gasteiger partial charge in [0.15, 0.2) is 0 Å². The summed E-state index contributed by atoms with van der Waals surface area (Å²) < 4.78 is 53.5. The highest BCUT2D eigenvalue weighted by molar-refractivity contribution is 5.87. The van der Waals surface area contributed by atoms with Gasteiger partial charge in [0.05, 0.1) is 0 Å². The number of benzene rings is 2.